The number of hydrogen-bond acceptors (Lipinski definition) is 7. The zero-order valence-electron chi connectivity index (χ0n) is 19.3. The summed E-state index contributed by atoms with van der Waals surface area (Å²) >= 11 is 0. The lowest BCUT2D eigenvalue weighted by Crippen LogP contribution is -2.51. The Morgan fingerprint density at radius 3 is 2.55 bits per heavy atom. The molecular formula is C24H34FN5O3. The van der Waals surface area contributed by atoms with Crippen LogP contribution in [0.5, 0.6) is 5.75 Å². The first kappa shape index (κ1) is 23.5. The van der Waals surface area contributed by atoms with Crippen LogP contribution in [0.2, 0.25) is 0 Å². The molecule has 0 saturated carbocycles. The number of carbonyl (C=O) groups is 2. The second-order valence-corrected chi connectivity index (χ2v) is 9.16. The highest BCUT2D eigenvalue weighted by molar-refractivity contribution is 6.01. The number of carbonyl (C=O) groups excluding carboxylic acids is 2. The Balaban J connectivity index is 1.39. The van der Waals surface area contributed by atoms with Crippen LogP contribution in [-0.2, 0) is 9.59 Å². The fourth-order valence-corrected chi connectivity index (χ4v) is 5.04. The maximum absolute atomic E-state index is 13.2. The van der Waals surface area contributed by atoms with Crippen LogP contribution in [0.3, 0.4) is 0 Å². The molecule has 0 aromatic heterocycles. The summed E-state index contributed by atoms with van der Waals surface area (Å²) in [5.41, 5.74) is 1.87. The molecule has 3 saturated heterocycles. The molecule has 0 aliphatic carbocycles. The molecule has 33 heavy (non-hydrogen) atoms. The van der Waals surface area contributed by atoms with E-state index in [1.165, 1.54) is 6.26 Å². The molecule has 2 amide bonds. The zero-order chi connectivity index (χ0) is 23.4. The van der Waals surface area contributed by atoms with Gasteiger partial charge in [0, 0.05) is 71.0 Å². The molecule has 0 radical (unpaired) electrons. The van der Waals surface area contributed by atoms with Crippen LogP contribution in [-0.4, -0.2) is 80.7 Å². The smallest absolute Gasteiger partial charge is 0.249 e. The quantitative estimate of drug-likeness (QED) is 0.381. The largest absolute Gasteiger partial charge is 0.463 e. The Morgan fingerprint density at radius 1 is 1.15 bits per heavy atom. The lowest BCUT2D eigenvalue weighted by atomic mass is 9.95. The Morgan fingerprint density at radius 2 is 1.88 bits per heavy atom. The first-order valence-electron chi connectivity index (χ1n) is 11.8. The lowest BCUT2D eigenvalue weighted by molar-refractivity contribution is -0.134. The average Bonchev–Trinajstić information content (AvgIpc) is 2.81. The minimum Gasteiger partial charge on any atom is -0.463 e. The van der Waals surface area contributed by atoms with Crippen molar-refractivity contribution in [2.75, 3.05) is 62.7 Å². The van der Waals surface area contributed by atoms with Gasteiger partial charge < -0.3 is 19.4 Å². The van der Waals surface area contributed by atoms with Crippen LogP contribution < -0.4 is 19.9 Å². The van der Waals surface area contributed by atoms with Crippen molar-refractivity contribution in [2.24, 2.45) is 5.92 Å². The molecule has 0 spiro atoms. The van der Waals surface area contributed by atoms with Crippen molar-refractivity contribution < 1.29 is 18.8 Å². The fraction of sp³-hybridized carbons (Fsp3) is 0.583. The number of rotatable bonds is 7. The van der Waals surface area contributed by atoms with Gasteiger partial charge in [-0.25, -0.2) is 0 Å². The molecule has 9 heteroatoms. The number of benzene rings is 1. The first-order valence-corrected chi connectivity index (χ1v) is 11.8. The Hall–Kier alpha value is -2.65. The van der Waals surface area contributed by atoms with Gasteiger partial charge in [-0.1, -0.05) is 6.58 Å². The summed E-state index contributed by atoms with van der Waals surface area (Å²) in [4.78, 5) is 30.4. The molecule has 1 aromatic carbocycles. The molecule has 1 aromatic rings. The average molecular weight is 460 g/mol. The van der Waals surface area contributed by atoms with Crippen molar-refractivity contribution in [1.29, 1.82) is 0 Å². The van der Waals surface area contributed by atoms with E-state index >= 15 is 0 Å². The molecule has 3 aliphatic rings. The zero-order valence-corrected chi connectivity index (χ0v) is 19.3. The van der Waals surface area contributed by atoms with Crippen molar-refractivity contribution >= 4 is 23.2 Å². The number of amides is 2. The number of likely N-dealkylation sites (N-methyl/N-ethyl adjacent to an activating group) is 1. The third kappa shape index (κ3) is 5.65. The summed E-state index contributed by atoms with van der Waals surface area (Å²) in [5, 5.41) is 3.32. The second-order valence-electron chi connectivity index (χ2n) is 9.16. The first-order chi connectivity index (χ1) is 15.9. The summed E-state index contributed by atoms with van der Waals surface area (Å²) in [6.07, 6.45) is 4.40. The second kappa shape index (κ2) is 10.5. The molecule has 3 aliphatic heterocycles. The molecule has 1 atom stereocenters. The molecule has 0 bridgehead atoms. The summed E-state index contributed by atoms with van der Waals surface area (Å²) in [6.45, 7) is 9.29. The van der Waals surface area contributed by atoms with E-state index in [2.05, 4.69) is 27.8 Å². The molecular weight excluding hydrogens is 425 g/mol. The molecule has 3 fully saturated rings. The summed E-state index contributed by atoms with van der Waals surface area (Å²) < 4.78 is 19.0. The van der Waals surface area contributed by atoms with E-state index in [0.29, 0.717) is 37.6 Å². The van der Waals surface area contributed by atoms with Crippen LogP contribution >= 0.6 is 0 Å². The SMILES string of the molecule is C=COc1cc(N2CCC(CN3CCN(F)CC3)CC2)ccc1N(C)C1CCC(=O)NC1=O. The van der Waals surface area contributed by atoms with Crippen molar-refractivity contribution in [3.8, 4) is 5.75 Å². The summed E-state index contributed by atoms with van der Waals surface area (Å²) in [6, 6.07) is 5.62. The van der Waals surface area contributed by atoms with Gasteiger partial charge in [-0.3, -0.25) is 14.9 Å². The van der Waals surface area contributed by atoms with Crippen molar-refractivity contribution in [3.05, 3.63) is 31.0 Å². The predicted octanol–water partition coefficient (Wildman–Crippen LogP) is 2.17. The standard InChI is InChI=1S/C24H34FN5O3/c1-3-33-22-16-19(4-5-20(22)27(2)21-6-7-23(31)26-24(21)32)29-10-8-18(9-11-29)17-28-12-14-30(25)15-13-28/h3-5,16,18,21H,1,6-15,17H2,2H3,(H,26,31,32). The lowest BCUT2D eigenvalue weighted by Gasteiger charge is -2.38. The van der Waals surface area contributed by atoms with E-state index in [4.69, 9.17) is 4.74 Å². The molecule has 4 rings (SSSR count). The van der Waals surface area contributed by atoms with Gasteiger partial charge in [0.2, 0.25) is 11.8 Å². The Labute approximate surface area is 194 Å². The highest BCUT2D eigenvalue weighted by atomic mass is 19.2. The number of imide groups is 1. The van der Waals surface area contributed by atoms with Crippen molar-refractivity contribution in [1.82, 2.24) is 15.3 Å². The van der Waals surface area contributed by atoms with E-state index in [9.17, 15) is 14.1 Å². The number of piperazine rings is 1. The van der Waals surface area contributed by atoms with Crippen LogP contribution in [0.1, 0.15) is 25.7 Å². The van der Waals surface area contributed by atoms with Crippen molar-refractivity contribution in [2.45, 2.75) is 31.7 Å². The molecule has 180 valence electrons. The number of nitrogens with zero attached hydrogens (tertiary/aromatic N) is 4. The number of halogens is 1. The number of anilines is 2. The van der Waals surface area contributed by atoms with Gasteiger partial charge in [0.05, 0.1) is 11.9 Å². The predicted molar refractivity (Wildman–Crippen MR) is 126 cm³/mol. The maximum atomic E-state index is 13.2. The van der Waals surface area contributed by atoms with Gasteiger partial charge in [0.25, 0.3) is 0 Å². The minimum atomic E-state index is -0.421. The van der Waals surface area contributed by atoms with E-state index in [1.54, 1.807) is 0 Å². The minimum absolute atomic E-state index is 0.226. The van der Waals surface area contributed by atoms with Gasteiger partial charge in [-0.05, 0) is 37.3 Å². The van der Waals surface area contributed by atoms with Gasteiger partial charge in [0.15, 0.2) is 5.75 Å². The number of hydrogen-bond donors (Lipinski definition) is 1. The van der Waals surface area contributed by atoms with Gasteiger partial charge in [-0.2, -0.15) is 0 Å². The highest BCUT2D eigenvalue weighted by Gasteiger charge is 2.31. The van der Waals surface area contributed by atoms with Gasteiger partial charge >= 0.3 is 0 Å². The van der Waals surface area contributed by atoms with Crippen LogP contribution in [0.4, 0.5) is 15.9 Å². The third-order valence-corrected chi connectivity index (χ3v) is 7.03. The monoisotopic (exact) mass is 459 g/mol. The van der Waals surface area contributed by atoms with Crippen molar-refractivity contribution in [3.63, 3.8) is 0 Å². The van der Waals surface area contributed by atoms with Crippen LogP contribution in [0.25, 0.3) is 0 Å². The highest BCUT2D eigenvalue weighted by Crippen LogP contribution is 2.36. The molecule has 1 N–H and O–H groups in total. The van der Waals surface area contributed by atoms with Crippen LogP contribution in [0.15, 0.2) is 31.0 Å². The molecule has 3 heterocycles. The number of nitrogens with one attached hydrogen (secondary N) is 1. The van der Waals surface area contributed by atoms with E-state index in [1.807, 2.05) is 24.1 Å². The summed E-state index contributed by atoms with van der Waals surface area (Å²) in [5.74, 6) is 0.767. The topological polar surface area (TPSA) is 68.4 Å². The summed E-state index contributed by atoms with van der Waals surface area (Å²) in [7, 11) is 1.85. The Bertz CT molecular complexity index is 866. The van der Waals surface area contributed by atoms with Gasteiger partial charge in [-0.15, -0.1) is 9.60 Å². The molecule has 1 unspecified atom stereocenters. The van der Waals surface area contributed by atoms with E-state index in [-0.39, 0.29) is 11.8 Å². The number of ether oxygens (including phenoxy) is 1. The maximum Gasteiger partial charge on any atom is 0.249 e. The van der Waals surface area contributed by atoms with Crippen LogP contribution in [0, 0.1) is 5.92 Å². The van der Waals surface area contributed by atoms with E-state index in [0.717, 1.165) is 62.1 Å². The third-order valence-electron chi connectivity index (χ3n) is 7.03. The van der Waals surface area contributed by atoms with E-state index < -0.39 is 6.04 Å². The molecule has 8 nitrogen and oxygen atoms in total. The van der Waals surface area contributed by atoms with Gasteiger partial charge in [0.1, 0.15) is 6.04 Å². The fourth-order valence-electron chi connectivity index (χ4n) is 5.04. The normalized spacial score (nSPS) is 23.3. The number of piperidine rings is 2. The Kier molecular flexibility index (Phi) is 7.49.